The van der Waals surface area contributed by atoms with Crippen molar-refractivity contribution in [2.75, 3.05) is 18.0 Å². The predicted molar refractivity (Wildman–Crippen MR) is 95.3 cm³/mol. The number of nitrogens with two attached hydrogens (primary N) is 1. The van der Waals surface area contributed by atoms with Crippen molar-refractivity contribution in [3.8, 4) is 0 Å². The van der Waals surface area contributed by atoms with Gasteiger partial charge in [-0.1, -0.05) is 36.4 Å². The van der Waals surface area contributed by atoms with Crippen molar-refractivity contribution < 1.29 is 13.2 Å². The first-order chi connectivity index (χ1) is 11.5. The molecule has 24 heavy (non-hydrogen) atoms. The summed E-state index contributed by atoms with van der Waals surface area (Å²) in [6.07, 6.45) is 1.29. The summed E-state index contributed by atoms with van der Waals surface area (Å²) in [5.74, 6) is -0.0847. The Labute approximate surface area is 142 Å². The minimum Gasteiger partial charge on any atom is -0.399 e. The highest BCUT2D eigenvalue weighted by Crippen LogP contribution is 2.13. The average molecular weight is 346 g/mol. The molecule has 6 heteroatoms. The molecule has 5 nitrogen and oxygen atoms in total. The number of hydrogen-bond acceptors (Lipinski definition) is 4. The minimum atomic E-state index is -3.29. The van der Waals surface area contributed by atoms with Crippen molar-refractivity contribution in [1.82, 2.24) is 5.32 Å². The molecule has 0 aliphatic carbocycles. The number of nitrogen functional groups attached to an aromatic ring is 1. The van der Waals surface area contributed by atoms with Crippen LogP contribution in [0.2, 0.25) is 0 Å². The first-order valence-corrected chi connectivity index (χ1v) is 9.52. The Bertz CT molecular complexity index is 774. The fourth-order valence-electron chi connectivity index (χ4n) is 2.33. The highest BCUT2D eigenvalue weighted by Gasteiger charge is 2.13. The second-order valence-corrected chi connectivity index (χ2v) is 7.64. The highest BCUT2D eigenvalue weighted by molar-refractivity contribution is 7.91. The molecule has 0 aliphatic rings. The normalized spacial score (nSPS) is 11.2. The van der Waals surface area contributed by atoms with Gasteiger partial charge in [0, 0.05) is 18.7 Å². The Morgan fingerprint density at radius 1 is 1.00 bits per heavy atom. The topological polar surface area (TPSA) is 89.3 Å². The zero-order valence-electron chi connectivity index (χ0n) is 13.4. The second kappa shape index (κ2) is 8.49. The number of aryl methyl sites for hydroxylation is 1. The zero-order valence-corrected chi connectivity index (χ0v) is 14.3. The van der Waals surface area contributed by atoms with Crippen molar-refractivity contribution in [2.45, 2.75) is 24.2 Å². The van der Waals surface area contributed by atoms with Crippen LogP contribution in [0, 0.1) is 0 Å². The Morgan fingerprint density at radius 3 is 2.38 bits per heavy atom. The number of carbonyl (C=O) groups excluding carboxylic acids is 1. The number of anilines is 1. The minimum absolute atomic E-state index is 0.0168. The summed E-state index contributed by atoms with van der Waals surface area (Å²) in [5, 5.41) is 2.75. The third-order valence-corrected chi connectivity index (χ3v) is 5.51. The lowest BCUT2D eigenvalue weighted by molar-refractivity contribution is -0.121. The lowest BCUT2D eigenvalue weighted by Crippen LogP contribution is -2.26. The van der Waals surface area contributed by atoms with Crippen LogP contribution in [0.5, 0.6) is 0 Å². The summed E-state index contributed by atoms with van der Waals surface area (Å²) in [7, 11) is -3.29. The smallest absolute Gasteiger partial charge is 0.220 e. The van der Waals surface area contributed by atoms with Gasteiger partial charge in [-0.3, -0.25) is 4.79 Å². The number of carbonyl (C=O) groups is 1. The lowest BCUT2D eigenvalue weighted by atomic mass is 10.1. The van der Waals surface area contributed by atoms with Gasteiger partial charge >= 0.3 is 0 Å². The molecular formula is C18H22N2O3S. The van der Waals surface area contributed by atoms with Crippen molar-refractivity contribution >= 4 is 21.4 Å². The standard InChI is InChI=1S/C18H22N2O3S/c19-17-10-5-4-7-15(17)11-12-18(21)20-13-6-14-24(22,23)16-8-2-1-3-9-16/h1-5,7-10H,6,11-14,19H2,(H,20,21). The van der Waals surface area contributed by atoms with E-state index in [0.717, 1.165) is 5.56 Å². The number of amides is 1. The maximum absolute atomic E-state index is 12.1. The van der Waals surface area contributed by atoms with Crippen molar-refractivity contribution in [3.05, 3.63) is 60.2 Å². The van der Waals surface area contributed by atoms with Gasteiger partial charge in [0.15, 0.2) is 9.84 Å². The summed E-state index contributed by atoms with van der Waals surface area (Å²) < 4.78 is 24.2. The molecule has 0 unspecified atom stereocenters. The van der Waals surface area contributed by atoms with Gasteiger partial charge < -0.3 is 11.1 Å². The summed E-state index contributed by atoms with van der Waals surface area (Å²) in [5.41, 5.74) is 7.46. The van der Waals surface area contributed by atoms with E-state index < -0.39 is 9.84 Å². The third kappa shape index (κ3) is 5.38. The summed E-state index contributed by atoms with van der Waals surface area (Å²) in [6, 6.07) is 15.8. The summed E-state index contributed by atoms with van der Waals surface area (Å²) in [4.78, 5) is 12.1. The van der Waals surface area contributed by atoms with E-state index in [9.17, 15) is 13.2 Å². The van der Waals surface area contributed by atoms with Crippen LogP contribution in [0.25, 0.3) is 0 Å². The second-order valence-electron chi connectivity index (χ2n) is 5.53. The molecule has 0 atom stereocenters. The zero-order chi connectivity index (χ0) is 17.4. The summed E-state index contributed by atoms with van der Waals surface area (Å²) >= 11 is 0. The maximum atomic E-state index is 12.1. The van der Waals surface area contributed by atoms with Crippen LogP contribution < -0.4 is 11.1 Å². The fraction of sp³-hybridized carbons (Fsp3) is 0.278. The molecule has 0 aliphatic heterocycles. The molecule has 0 saturated carbocycles. The molecule has 0 spiro atoms. The Balaban J connectivity index is 1.71. The van der Waals surface area contributed by atoms with Gasteiger partial charge in [0.1, 0.15) is 0 Å². The lowest BCUT2D eigenvalue weighted by Gasteiger charge is -2.07. The van der Waals surface area contributed by atoms with E-state index in [0.29, 0.717) is 36.4 Å². The molecule has 3 N–H and O–H groups in total. The first kappa shape index (κ1) is 18.0. The van der Waals surface area contributed by atoms with E-state index in [2.05, 4.69) is 5.32 Å². The predicted octanol–water partition coefficient (Wildman–Crippen LogP) is 2.18. The van der Waals surface area contributed by atoms with Gasteiger partial charge in [-0.25, -0.2) is 8.42 Å². The molecule has 2 aromatic rings. The molecule has 0 radical (unpaired) electrons. The van der Waals surface area contributed by atoms with Crippen LogP contribution in [0.4, 0.5) is 5.69 Å². The van der Waals surface area contributed by atoms with Crippen LogP contribution in [-0.4, -0.2) is 26.6 Å². The average Bonchev–Trinajstić information content (AvgIpc) is 2.59. The fourth-order valence-corrected chi connectivity index (χ4v) is 3.67. The molecule has 0 bridgehead atoms. The largest absolute Gasteiger partial charge is 0.399 e. The van der Waals surface area contributed by atoms with Crippen molar-refractivity contribution in [3.63, 3.8) is 0 Å². The van der Waals surface area contributed by atoms with Gasteiger partial charge in [0.25, 0.3) is 0 Å². The number of benzene rings is 2. The van der Waals surface area contributed by atoms with Crippen molar-refractivity contribution in [1.29, 1.82) is 0 Å². The van der Waals surface area contributed by atoms with E-state index in [1.807, 2.05) is 24.3 Å². The molecule has 0 heterocycles. The SMILES string of the molecule is Nc1ccccc1CCC(=O)NCCCS(=O)(=O)c1ccccc1. The molecule has 128 valence electrons. The molecular weight excluding hydrogens is 324 g/mol. The highest BCUT2D eigenvalue weighted by atomic mass is 32.2. The number of para-hydroxylation sites is 1. The van der Waals surface area contributed by atoms with E-state index in [4.69, 9.17) is 5.73 Å². The van der Waals surface area contributed by atoms with Crippen LogP contribution in [-0.2, 0) is 21.1 Å². The molecule has 2 aromatic carbocycles. The molecule has 0 fully saturated rings. The van der Waals surface area contributed by atoms with Crippen LogP contribution in [0.1, 0.15) is 18.4 Å². The Hall–Kier alpha value is -2.34. The summed E-state index contributed by atoms with van der Waals surface area (Å²) in [6.45, 7) is 0.342. The van der Waals surface area contributed by atoms with Crippen LogP contribution in [0.3, 0.4) is 0 Å². The van der Waals surface area contributed by atoms with Gasteiger partial charge in [0.2, 0.25) is 5.91 Å². The van der Waals surface area contributed by atoms with Gasteiger partial charge in [-0.2, -0.15) is 0 Å². The van der Waals surface area contributed by atoms with Crippen LogP contribution in [0.15, 0.2) is 59.5 Å². The third-order valence-electron chi connectivity index (χ3n) is 3.69. The van der Waals surface area contributed by atoms with E-state index >= 15 is 0 Å². The van der Waals surface area contributed by atoms with Gasteiger partial charge in [-0.05, 0) is 36.6 Å². The monoisotopic (exact) mass is 346 g/mol. The Morgan fingerprint density at radius 2 is 1.67 bits per heavy atom. The molecule has 2 rings (SSSR count). The quantitative estimate of drug-likeness (QED) is 0.566. The van der Waals surface area contributed by atoms with E-state index in [-0.39, 0.29) is 11.7 Å². The van der Waals surface area contributed by atoms with Gasteiger partial charge in [0.05, 0.1) is 10.6 Å². The number of rotatable bonds is 8. The van der Waals surface area contributed by atoms with Gasteiger partial charge in [-0.15, -0.1) is 0 Å². The molecule has 0 saturated heterocycles. The first-order valence-electron chi connectivity index (χ1n) is 7.87. The Kier molecular flexibility index (Phi) is 6.37. The van der Waals surface area contributed by atoms with E-state index in [1.54, 1.807) is 30.3 Å². The number of nitrogens with one attached hydrogen (secondary N) is 1. The number of sulfone groups is 1. The molecule has 0 aromatic heterocycles. The van der Waals surface area contributed by atoms with E-state index in [1.165, 1.54) is 0 Å². The van der Waals surface area contributed by atoms with Crippen LogP contribution >= 0.6 is 0 Å². The van der Waals surface area contributed by atoms with Crippen molar-refractivity contribution in [2.24, 2.45) is 0 Å². The number of hydrogen-bond donors (Lipinski definition) is 2. The maximum Gasteiger partial charge on any atom is 0.220 e. The molecule has 1 amide bonds.